The van der Waals surface area contributed by atoms with Crippen molar-refractivity contribution in [3.05, 3.63) is 83.9 Å². The summed E-state index contributed by atoms with van der Waals surface area (Å²) in [6, 6.07) is 17.9. The van der Waals surface area contributed by atoms with Crippen LogP contribution in [0, 0.1) is 6.92 Å². The molecule has 0 aliphatic carbocycles. The minimum Gasteiger partial charge on any atom is -0.493 e. The summed E-state index contributed by atoms with van der Waals surface area (Å²) in [6.45, 7) is 3.14. The van der Waals surface area contributed by atoms with Gasteiger partial charge in [0.1, 0.15) is 5.76 Å². The lowest BCUT2D eigenvalue weighted by Gasteiger charge is -2.11. The lowest BCUT2D eigenvalue weighted by Crippen LogP contribution is -2.27. The average molecular weight is 492 g/mol. The molecule has 4 rings (SSSR count). The molecule has 1 amide bonds. The number of hydrogen-bond donors (Lipinski definition) is 1. The summed E-state index contributed by atoms with van der Waals surface area (Å²) in [4.78, 5) is 17.1. The van der Waals surface area contributed by atoms with Crippen molar-refractivity contribution in [2.75, 3.05) is 26.5 Å². The molecule has 1 N–H and O–H groups in total. The fourth-order valence-corrected chi connectivity index (χ4v) is 4.51. The van der Waals surface area contributed by atoms with Crippen molar-refractivity contribution in [2.45, 2.75) is 25.0 Å². The van der Waals surface area contributed by atoms with Gasteiger partial charge >= 0.3 is 0 Å². The van der Waals surface area contributed by atoms with Crippen LogP contribution in [-0.2, 0) is 17.8 Å². The van der Waals surface area contributed by atoms with Gasteiger partial charge in [-0.25, -0.2) is 4.98 Å². The number of rotatable bonds is 11. The third kappa shape index (κ3) is 6.27. The van der Waals surface area contributed by atoms with Gasteiger partial charge in [0.25, 0.3) is 0 Å². The molecule has 8 heteroatoms. The number of carbonyl (C=O) groups excluding carboxylic acids is 1. The van der Waals surface area contributed by atoms with E-state index >= 15 is 0 Å². The van der Waals surface area contributed by atoms with Crippen molar-refractivity contribution in [3.63, 3.8) is 0 Å². The maximum atomic E-state index is 12.5. The third-order valence-corrected chi connectivity index (χ3v) is 6.57. The number of aromatic nitrogens is 2. The molecule has 2 aromatic carbocycles. The predicted molar refractivity (Wildman–Crippen MR) is 137 cm³/mol. The summed E-state index contributed by atoms with van der Waals surface area (Å²) in [5.74, 6) is 2.43. The molecule has 0 saturated heterocycles. The van der Waals surface area contributed by atoms with E-state index in [0.29, 0.717) is 31.0 Å². The maximum Gasteiger partial charge on any atom is 0.230 e. The van der Waals surface area contributed by atoms with E-state index in [1.807, 2.05) is 36.5 Å². The first-order valence-corrected chi connectivity index (χ1v) is 12.3. The number of amides is 1. The van der Waals surface area contributed by atoms with Gasteiger partial charge in [0.05, 0.1) is 44.7 Å². The van der Waals surface area contributed by atoms with E-state index in [1.165, 1.54) is 17.3 Å². The molecule has 0 radical (unpaired) electrons. The van der Waals surface area contributed by atoms with Gasteiger partial charge < -0.3 is 23.8 Å². The van der Waals surface area contributed by atoms with Gasteiger partial charge in [0.15, 0.2) is 16.7 Å². The molecule has 4 aromatic rings. The molecule has 0 bridgehead atoms. The van der Waals surface area contributed by atoms with Crippen LogP contribution in [0.3, 0.4) is 0 Å². The molecule has 182 valence electrons. The fourth-order valence-electron chi connectivity index (χ4n) is 3.70. The summed E-state index contributed by atoms with van der Waals surface area (Å²) in [6.07, 6.45) is 4.21. The van der Waals surface area contributed by atoms with Crippen LogP contribution in [-0.4, -0.2) is 42.0 Å². The van der Waals surface area contributed by atoms with E-state index in [-0.39, 0.29) is 11.7 Å². The largest absolute Gasteiger partial charge is 0.493 e. The number of aryl methyl sites for hydroxylation is 1. The van der Waals surface area contributed by atoms with Crippen molar-refractivity contribution in [3.8, 4) is 22.8 Å². The molecule has 2 aromatic heterocycles. The number of imidazole rings is 1. The smallest absolute Gasteiger partial charge is 0.230 e. The van der Waals surface area contributed by atoms with Crippen molar-refractivity contribution in [1.29, 1.82) is 0 Å². The number of methoxy groups -OCH3 is 2. The quantitative estimate of drug-likeness (QED) is 0.299. The van der Waals surface area contributed by atoms with Crippen LogP contribution in [0.1, 0.15) is 16.9 Å². The molecule has 0 atom stereocenters. The SMILES string of the molecule is COc1ccc(CCNC(=O)CSc2ncc(-c3ccc(C)cc3)n2Cc2ccco2)cc1OC. The Bertz CT molecular complexity index is 1250. The average Bonchev–Trinajstić information content (AvgIpc) is 3.53. The summed E-state index contributed by atoms with van der Waals surface area (Å²) in [7, 11) is 3.22. The van der Waals surface area contributed by atoms with Gasteiger partial charge in [-0.2, -0.15) is 0 Å². The second-order valence-electron chi connectivity index (χ2n) is 8.04. The highest BCUT2D eigenvalue weighted by Gasteiger charge is 2.15. The first kappa shape index (κ1) is 24.5. The van der Waals surface area contributed by atoms with Crippen LogP contribution < -0.4 is 14.8 Å². The summed E-state index contributed by atoms with van der Waals surface area (Å²) >= 11 is 1.41. The number of furan rings is 1. The molecule has 7 nitrogen and oxygen atoms in total. The zero-order valence-electron chi connectivity index (χ0n) is 20.1. The summed E-state index contributed by atoms with van der Waals surface area (Å²) in [5, 5.41) is 3.76. The lowest BCUT2D eigenvalue weighted by atomic mass is 10.1. The van der Waals surface area contributed by atoms with Crippen LogP contribution in [0.4, 0.5) is 0 Å². The molecule has 0 spiro atoms. The Labute approximate surface area is 209 Å². The van der Waals surface area contributed by atoms with E-state index in [9.17, 15) is 4.79 Å². The molecule has 0 fully saturated rings. The maximum absolute atomic E-state index is 12.5. The highest BCUT2D eigenvalue weighted by molar-refractivity contribution is 7.99. The van der Waals surface area contributed by atoms with Crippen LogP contribution in [0.25, 0.3) is 11.3 Å². The lowest BCUT2D eigenvalue weighted by molar-refractivity contribution is -0.118. The van der Waals surface area contributed by atoms with Gasteiger partial charge in [-0.15, -0.1) is 0 Å². The van der Waals surface area contributed by atoms with Gasteiger partial charge in [-0.1, -0.05) is 47.7 Å². The minimum atomic E-state index is -0.0417. The normalized spacial score (nSPS) is 10.8. The van der Waals surface area contributed by atoms with Gasteiger partial charge in [-0.05, 0) is 48.7 Å². The fraction of sp³-hybridized carbons (Fsp3) is 0.259. The standard InChI is InChI=1S/C27H29N3O4S/c1-19-6-9-21(10-7-19)23-16-29-27(30(23)17-22-5-4-14-34-22)35-18-26(31)28-13-12-20-8-11-24(32-2)25(15-20)33-3/h4-11,14-16H,12-13,17-18H2,1-3H3,(H,28,31). The van der Waals surface area contributed by atoms with E-state index in [0.717, 1.165) is 27.7 Å². The van der Waals surface area contributed by atoms with Crippen molar-refractivity contribution in [1.82, 2.24) is 14.9 Å². The van der Waals surface area contributed by atoms with Gasteiger partial charge in [0, 0.05) is 6.54 Å². The molecular formula is C27H29N3O4S. The molecular weight excluding hydrogens is 462 g/mol. The van der Waals surface area contributed by atoms with Crippen LogP contribution in [0.2, 0.25) is 0 Å². The highest BCUT2D eigenvalue weighted by Crippen LogP contribution is 2.29. The first-order chi connectivity index (χ1) is 17.1. The van der Waals surface area contributed by atoms with E-state index < -0.39 is 0 Å². The van der Waals surface area contributed by atoms with Crippen molar-refractivity contribution in [2.24, 2.45) is 0 Å². The predicted octanol–water partition coefficient (Wildman–Crippen LogP) is 4.97. The van der Waals surface area contributed by atoms with E-state index in [1.54, 1.807) is 20.5 Å². The third-order valence-electron chi connectivity index (χ3n) is 5.58. The molecule has 0 aliphatic rings. The second kappa shape index (κ2) is 11.7. The number of nitrogens with zero attached hydrogens (tertiary/aromatic N) is 2. The zero-order chi connectivity index (χ0) is 24.6. The molecule has 0 saturated carbocycles. The Morgan fingerprint density at radius 2 is 1.89 bits per heavy atom. The second-order valence-corrected chi connectivity index (χ2v) is 8.98. The Kier molecular flexibility index (Phi) is 8.15. The Morgan fingerprint density at radius 3 is 2.60 bits per heavy atom. The Balaban J connectivity index is 1.38. The number of carbonyl (C=O) groups is 1. The topological polar surface area (TPSA) is 78.5 Å². The van der Waals surface area contributed by atoms with Crippen LogP contribution >= 0.6 is 11.8 Å². The number of benzene rings is 2. The molecule has 35 heavy (non-hydrogen) atoms. The highest BCUT2D eigenvalue weighted by atomic mass is 32.2. The number of ether oxygens (including phenoxy) is 2. The van der Waals surface area contributed by atoms with E-state index in [4.69, 9.17) is 13.9 Å². The Hall–Kier alpha value is -3.65. The number of thioether (sulfide) groups is 1. The number of hydrogen-bond acceptors (Lipinski definition) is 6. The summed E-state index contributed by atoms with van der Waals surface area (Å²) in [5.41, 5.74) is 4.32. The zero-order valence-corrected chi connectivity index (χ0v) is 20.9. The molecule has 0 aliphatic heterocycles. The monoisotopic (exact) mass is 491 g/mol. The van der Waals surface area contributed by atoms with Gasteiger partial charge in [-0.3, -0.25) is 4.79 Å². The summed E-state index contributed by atoms with van der Waals surface area (Å²) < 4.78 is 18.3. The van der Waals surface area contributed by atoms with Gasteiger partial charge in [0.2, 0.25) is 5.91 Å². The van der Waals surface area contributed by atoms with E-state index in [2.05, 4.69) is 46.1 Å². The first-order valence-electron chi connectivity index (χ1n) is 11.3. The van der Waals surface area contributed by atoms with Crippen molar-refractivity contribution >= 4 is 17.7 Å². The minimum absolute atomic E-state index is 0.0417. The molecule has 0 unspecified atom stereocenters. The van der Waals surface area contributed by atoms with Crippen molar-refractivity contribution < 1.29 is 18.7 Å². The van der Waals surface area contributed by atoms with Crippen LogP contribution in [0.15, 0.2) is 76.6 Å². The Morgan fingerprint density at radius 1 is 1.09 bits per heavy atom. The van der Waals surface area contributed by atoms with Crippen LogP contribution in [0.5, 0.6) is 11.5 Å². The number of nitrogens with one attached hydrogen (secondary N) is 1. The molecule has 2 heterocycles.